The maximum Gasteiger partial charge on any atom is 0.236 e. The summed E-state index contributed by atoms with van der Waals surface area (Å²) < 4.78 is 0. The molecule has 0 radical (unpaired) electrons. The smallest absolute Gasteiger partial charge is 0.236 e. The van der Waals surface area contributed by atoms with Gasteiger partial charge < -0.3 is 22.9 Å². The lowest BCUT2D eigenvalue weighted by Crippen LogP contribution is -2.17. The minimum absolute atomic E-state index is 0.0252. The van der Waals surface area contributed by atoms with Crippen molar-refractivity contribution in [1.29, 1.82) is 0 Å². The normalized spacial score (nSPS) is 10.3. The predicted octanol–water partition coefficient (Wildman–Crippen LogP) is -1.48. The Bertz CT molecular complexity index is 703. The van der Waals surface area contributed by atoms with Gasteiger partial charge in [-0.25, -0.2) is 0 Å². The minimum Gasteiger partial charge on any atom is -0.368 e. The van der Waals surface area contributed by atoms with Crippen LogP contribution in [0.1, 0.15) is 25.7 Å². The summed E-state index contributed by atoms with van der Waals surface area (Å²) in [6.07, 6.45) is 1.22. The highest BCUT2D eigenvalue weighted by atomic mass is 16.2. The number of nitrogens with two attached hydrogens (primary N) is 4. The Morgan fingerprint density at radius 1 is 0.615 bits per heavy atom. The van der Waals surface area contributed by atoms with Crippen molar-refractivity contribution in [1.82, 2.24) is 29.9 Å². The standard InChI is InChI=1S/C12H18N12O2/c13-7-19-8(14)22-11(21-7)17-5(25)3-1-2-4-6(26)18-12-23-9(15)20-10(16)24-12/h1-4H2,(H5,13,14,17,19,21,22,25)(H5,15,16,18,20,23,24,26). The first kappa shape index (κ1) is 18.5. The highest BCUT2D eigenvalue weighted by Gasteiger charge is 2.09. The molecule has 0 saturated heterocycles. The summed E-state index contributed by atoms with van der Waals surface area (Å²) in [6, 6.07) is 0. The molecule has 0 atom stereocenters. The number of hydrogen-bond acceptors (Lipinski definition) is 12. The molecule has 2 amide bonds. The van der Waals surface area contributed by atoms with Gasteiger partial charge in [0.15, 0.2) is 0 Å². The molecule has 0 aromatic carbocycles. The number of nitrogen functional groups attached to an aromatic ring is 4. The van der Waals surface area contributed by atoms with Crippen LogP contribution in [0.3, 0.4) is 0 Å². The van der Waals surface area contributed by atoms with Gasteiger partial charge in [0.1, 0.15) is 0 Å². The third-order valence-electron chi connectivity index (χ3n) is 2.90. The van der Waals surface area contributed by atoms with Crippen molar-refractivity contribution in [3.63, 3.8) is 0 Å². The van der Waals surface area contributed by atoms with E-state index in [1.165, 1.54) is 0 Å². The molecule has 0 saturated carbocycles. The van der Waals surface area contributed by atoms with Crippen LogP contribution in [0.4, 0.5) is 35.7 Å². The number of carbonyl (C=O) groups excluding carboxylic acids is 2. The number of amides is 2. The Balaban J connectivity index is 1.70. The molecule has 0 aliphatic carbocycles. The van der Waals surface area contributed by atoms with Gasteiger partial charge in [-0.3, -0.25) is 20.2 Å². The summed E-state index contributed by atoms with van der Waals surface area (Å²) in [4.78, 5) is 45.7. The van der Waals surface area contributed by atoms with Crippen LogP contribution >= 0.6 is 0 Å². The monoisotopic (exact) mass is 362 g/mol. The average molecular weight is 362 g/mol. The molecule has 10 N–H and O–H groups in total. The van der Waals surface area contributed by atoms with Crippen molar-refractivity contribution in [2.75, 3.05) is 33.6 Å². The van der Waals surface area contributed by atoms with E-state index in [-0.39, 0.29) is 60.3 Å². The Hall–Kier alpha value is -3.84. The molecule has 2 heterocycles. The second-order valence-corrected chi connectivity index (χ2v) is 5.05. The van der Waals surface area contributed by atoms with Crippen LogP contribution in [0.2, 0.25) is 0 Å². The van der Waals surface area contributed by atoms with E-state index in [1.807, 2.05) is 0 Å². The van der Waals surface area contributed by atoms with Crippen LogP contribution in [-0.2, 0) is 9.59 Å². The number of aromatic nitrogens is 6. The van der Waals surface area contributed by atoms with E-state index in [0.29, 0.717) is 12.8 Å². The third kappa shape index (κ3) is 5.99. The van der Waals surface area contributed by atoms with Crippen LogP contribution in [-0.4, -0.2) is 41.7 Å². The van der Waals surface area contributed by atoms with Crippen LogP contribution in [0.5, 0.6) is 0 Å². The Labute approximate surface area is 147 Å². The van der Waals surface area contributed by atoms with Gasteiger partial charge in [0.05, 0.1) is 0 Å². The van der Waals surface area contributed by atoms with Gasteiger partial charge in [0.25, 0.3) is 0 Å². The van der Waals surface area contributed by atoms with Crippen molar-refractivity contribution in [2.45, 2.75) is 25.7 Å². The molecular weight excluding hydrogens is 344 g/mol. The van der Waals surface area contributed by atoms with Crippen molar-refractivity contribution in [3.8, 4) is 0 Å². The SMILES string of the molecule is Nc1nc(N)nc(NC(=O)CCCCC(=O)Nc2nc(N)nc(N)n2)n1. The van der Waals surface area contributed by atoms with E-state index < -0.39 is 0 Å². The van der Waals surface area contributed by atoms with Gasteiger partial charge in [-0.15, -0.1) is 0 Å². The first-order valence-electron chi connectivity index (χ1n) is 7.45. The fraction of sp³-hybridized carbons (Fsp3) is 0.333. The zero-order valence-corrected chi connectivity index (χ0v) is 13.6. The Morgan fingerprint density at radius 3 is 1.23 bits per heavy atom. The van der Waals surface area contributed by atoms with Crippen LogP contribution in [0, 0.1) is 0 Å². The number of nitrogens with one attached hydrogen (secondary N) is 2. The zero-order chi connectivity index (χ0) is 19.1. The largest absolute Gasteiger partial charge is 0.368 e. The van der Waals surface area contributed by atoms with Gasteiger partial charge in [0.2, 0.25) is 47.5 Å². The molecule has 0 aliphatic rings. The molecular formula is C12H18N12O2. The first-order valence-corrected chi connectivity index (χ1v) is 7.45. The first-order chi connectivity index (χ1) is 12.3. The maximum atomic E-state index is 11.8. The molecule has 0 unspecified atom stereocenters. The van der Waals surface area contributed by atoms with Crippen LogP contribution < -0.4 is 33.6 Å². The molecule has 26 heavy (non-hydrogen) atoms. The number of hydrogen-bond donors (Lipinski definition) is 6. The van der Waals surface area contributed by atoms with E-state index >= 15 is 0 Å². The Morgan fingerprint density at radius 2 is 0.923 bits per heavy atom. The Kier molecular flexibility index (Phi) is 5.92. The molecule has 0 aliphatic heterocycles. The second kappa shape index (κ2) is 8.32. The van der Waals surface area contributed by atoms with Crippen molar-refractivity contribution >= 4 is 47.5 Å². The topological polar surface area (TPSA) is 240 Å². The summed E-state index contributed by atoms with van der Waals surface area (Å²) in [7, 11) is 0. The summed E-state index contributed by atoms with van der Waals surface area (Å²) >= 11 is 0. The number of nitrogens with zero attached hydrogens (tertiary/aromatic N) is 6. The molecule has 0 spiro atoms. The maximum absolute atomic E-state index is 11.8. The van der Waals surface area contributed by atoms with Crippen molar-refractivity contribution in [3.05, 3.63) is 0 Å². The summed E-state index contributed by atoms with van der Waals surface area (Å²) in [5.41, 5.74) is 21.6. The van der Waals surface area contributed by atoms with E-state index in [0.717, 1.165) is 0 Å². The van der Waals surface area contributed by atoms with E-state index in [1.54, 1.807) is 0 Å². The molecule has 0 bridgehead atoms. The number of rotatable bonds is 7. The van der Waals surface area contributed by atoms with E-state index in [4.69, 9.17) is 22.9 Å². The van der Waals surface area contributed by atoms with Crippen LogP contribution in [0.15, 0.2) is 0 Å². The average Bonchev–Trinajstić information content (AvgIpc) is 2.49. The fourth-order valence-electron chi connectivity index (χ4n) is 1.88. The quantitative estimate of drug-likeness (QED) is 0.309. The fourth-order valence-corrected chi connectivity index (χ4v) is 1.88. The van der Waals surface area contributed by atoms with E-state index in [9.17, 15) is 9.59 Å². The summed E-state index contributed by atoms with van der Waals surface area (Å²) in [5.74, 6) is -1.10. The van der Waals surface area contributed by atoms with Crippen molar-refractivity contribution in [2.24, 2.45) is 0 Å². The second-order valence-electron chi connectivity index (χ2n) is 5.05. The van der Waals surface area contributed by atoms with Gasteiger partial charge in [-0.05, 0) is 12.8 Å². The van der Waals surface area contributed by atoms with Gasteiger partial charge >= 0.3 is 0 Å². The molecule has 14 nitrogen and oxygen atoms in total. The van der Waals surface area contributed by atoms with E-state index in [2.05, 4.69) is 40.5 Å². The zero-order valence-electron chi connectivity index (χ0n) is 13.6. The third-order valence-corrected chi connectivity index (χ3v) is 2.90. The molecule has 2 aromatic rings. The summed E-state index contributed by atoms with van der Waals surface area (Å²) in [5, 5.41) is 4.90. The van der Waals surface area contributed by atoms with Gasteiger partial charge in [-0.2, -0.15) is 29.9 Å². The number of anilines is 6. The van der Waals surface area contributed by atoms with Gasteiger partial charge in [-0.1, -0.05) is 0 Å². The molecule has 138 valence electrons. The lowest BCUT2D eigenvalue weighted by molar-refractivity contribution is -0.118. The molecule has 2 aromatic heterocycles. The lowest BCUT2D eigenvalue weighted by atomic mass is 10.2. The molecule has 2 rings (SSSR count). The highest BCUT2D eigenvalue weighted by molar-refractivity contribution is 5.90. The lowest BCUT2D eigenvalue weighted by Gasteiger charge is -2.06. The summed E-state index contributed by atoms with van der Waals surface area (Å²) in [6.45, 7) is 0. The highest BCUT2D eigenvalue weighted by Crippen LogP contribution is 2.08. The minimum atomic E-state index is -0.339. The number of carbonyl (C=O) groups is 2. The van der Waals surface area contributed by atoms with Crippen molar-refractivity contribution < 1.29 is 9.59 Å². The van der Waals surface area contributed by atoms with Crippen LogP contribution in [0.25, 0.3) is 0 Å². The predicted molar refractivity (Wildman–Crippen MR) is 93.0 cm³/mol. The number of unbranched alkanes of at least 4 members (excludes halogenated alkanes) is 1. The molecule has 14 heteroatoms. The van der Waals surface area contributed by atoms with Gasteiger partial charge in [0, 0.05) is 12.8 Å². The molecule has 0 fully saturated rings.